The molecule has 168 valence electrons. The summed E-state index contributed by atoms with van der Waals surface area (Å²) in [5.74, 6) is 2.20. The van der Waals surface area contributed by atoms with E-state index in [0.717, 1.165) is 49.2 Å². The van der Waals surface area contributed by atoms with E-state index in [2.05, 4.69) is 27.3 Å². The van der Waals surface area contributed by atoms with Gasteiger partial charge in [-0.15, -0.1) is 0 Å². The zero-order valence-corrected chi connectivity index (χ0v) is 18.7. The number of carbonyl (C=O) groups excluding carboxylic acids is 1. The van der Waals surface area contributed by atoms with E-state index in [9.17, 15) is 4.79 Å². The Labute approximate surface area is 188 Å². The molecule has 1 unspecified atom stereocenters. The summed E-state index contributed by atoms with van der Waals surface area (Å²) >= 11 is 0. The zero-order chi connectivity index (χ0) is 22.3. The molecule has 1 aliphatic rings. The Morgan fingerprint density at radius 2 is 1.88 bits per heavy atom. The van der Waals surface area contributed by atoms with E-state index in [1.807, 2.05) is 54.6 Å². The molecule has 1 saturated heterocycles. The van der Waals surface area contributed by atoms with Gasteiger partial charge in [-0.1, -0.05) is 54.5 Å². The van der Waals surface area contributed by atoms with Gasteiger partial charge < -0.3 is 14.6 Å². The fourth-order valence-electron chi connectivity index (χ4n) is 4.12. The van der Waals surface area contributed by atoms with E-state index in [1.165, 1.54) is 0 Å². The minimum atomic E-state index is 0.0150. The highest BCUT2D eigenvalue weighted by Crippen LogP contribution is 2.24. The second kappa shape index (κ2) is 10.4. The summed E-state index contributed by atoms with van der Waals surface area (Å²) in [5.41, 5.74) is 2.05. The summed E-state index contributed by atoms with van der Waals surface area (Å²) in [4.78, 5) is 19.7. The standard InChI is InChI=1S/C25H30N4O3/c1-3-22(18-9-11-21(31-2)12-10-18)26-25(30)20-13-15-29(16-14-20)17-23-27-24(28-32-23)19-7-5-4-6-8-19/h4-12,20,22H,3,13-17H2,1-2H3,(H,26,30). The van der Waals surface area contributed by atoms with Crippen molar-refractivity contribution in [2.75, 3.05) is 20.2 Å². The first-order chi connectivity index (χ1) is 15.7. The molecule has 2 aromatic carbocycles. The average Bonchev–Trinajstić information content (AvgIpc) is 3.32. The molecule has 3 aromatic rings. The van der Waals surface area contributed by atoms with Gasteiger partial charge in [-0.25, -0.2) is 0 Å². The molecule has 7 nitrogen and oxygen atoms in total. The van der Waals surface area contributed by atoms with Crippen LogP contribution in [0.1, 0.15) is 43.7 Å². The number of aromatic nitrogens is 2. The summed E-state index contributed by atoms with van der Waals surface area (Å²) in [6.45, 7) is 4.37. The second-order valence-electron chi connectivity index (χ2n) is 8.17. The van der Waals surface area contributed by atoms with Gasteiger partial charge in [0, 0.05) is 11.5 Å². The van der Waals surface area contributed by atoms with E-state index in [4.69, 9.17) is 9.26 Å². The van der Waals surface area contributed by atoms with Crippen LogP contribution in [0.5, 0.6) is 5.75 Å². The highest BCUT2D eigenvalue weighted by Gasteiger charge is 2.27. The molecule has 0 radical (unpaired) electrons. The lowest BCUT2D eigenvalue weighted by Crippen LogP contribution is -2.41. The van der Waals surface area contributed by atoms with Crippen LogP contribution in [-0.2, 0) is 11.3 Å². The van der Waals surface area contributed by atoms with Crippen molar-refractivity contribution in [3.05, 3.63) is 66.1 Å². The number of hydrogen-bond donors (Lipinski definition) is 1. The van der Waals surface area contributed by atoms with Crippen molar-refractivity contribution < 1.29 is 14.1 Å². The molecule has 32 heavy (non-hydrogen) atoms. The van der Waals surface area contributed by atoms with E-state index in [1.54, 1.807) is 7.11 Å². The molecular formula is C25H30N4O3. The highest BCUT2D eigenvalue weighted by atomic mass is 16.5. The lowest BCUT2D eigenvalue weighted by molar-refractivity contribution is -0.127. The van der Waals surface area contributed by atoms with Crippen LogP contribution in [0.15, 0.2) is 59.1 Å². The van der Waals surface area contributed by atoms with Crippen LogP contribution in [0.2, 0.25) is 0 Å². The topological polar surface area (TPSA) is 80.5 Å². The third-order valence-electron chi connectivity index (χ3n) is 6.06. The highest BCUT2D eigenvalue weighted by molar-refractivity contribution is 5.79. The molecule has 2 heterocycles. The van der Waals surface area contributed by atoms with Gasteiger partial charge in [-0.2, -0.15) is 4.98 Å². The molecule has 0 aliphatic carbocycles. The second-order valence-corrected chi connectivity index (χ2v) is 8.17. The van der Waals surface area contributed by atoms with Crippen LogP contribution in [-0.4, -0.2) is 41.1 Å². The third-order valence-corrected chi connectivity index (χ3v) is 6.06. The van der Waals surface area contributed by atoms with Gasteiger partial charge in [0.15, 0.2) is 0 Å². The Bertz CT molecular complexity index is 996. The maximum atomic E-state index is 12.9. The number of carbonyl (C=O) groups is 1. The maximum Gasteiger partial charge on any atom is 0.241 e. The molecule has 1 atom stereocenters. The number of likely N-dealkylation sites (tertiary alicyclic amines) is 1. The van der Waals surface area contributed by atoms with Gasteiger partial charge in [0.05, 0.1) is 19.7 Å². The molecular weight excluding hydrogens is 404 g/mol. The van der Waals surface area contributed by atoms with Gasteiger partial charge in [-0.05, 0) is 50.0 Å². The Morgan fingerprint density at radius 1 is 1.16 bits per heavy atom. The monoisotopic (exact) mass is 434 g/mol. The van der Waals surface area contributed by atoms with Crippen LogP contribution in [0.4, 0.5) is 0 Å². The minimum absolute atomic E-state index is 0.0150. The van der Waals surface area contributed by atoms with Crippen LogP contribution in [0.3, 0.4) is 0 Å². The number of nitrogens with zero attached hydrogens (tertiary/aromatic N) is 3. The van der Waals surface area contributed by atoms with E-state index < -0.39 is 0 Å². The molecule has 0 spiro atoms. The zero-order valence-electron chi connectivity index (χ0n) is 18.7. The maximum absolute atomic E-state index is 12.9. The lowest BCUT2D eigenvalue weighted by Gasteiger charge is -2.31. The number of nitrogens with one attached hydrogen (secondary N) is 1. The SMILES string of the molecule is CCC(NC(=O)C1CCN(Cc2nc(-c3ccccc3)no2)CC1)c1ccc(OC)cc1. The number of piperidine rings is 1. The first-order valence-electron chi connectivity index (χ1n) is 11.2. The van der Waals surface area contributed by atoms with Crippen molar-refractivity contribution >= 4 is 5.91 Å². The predicted octanol–water partition coefficient (Wildman–Crippen LogP) is 4.22. The Hall–Kier alpha value is -3.19. The van der Waals surface area contributed by atoms with Crippen LogP contribution >= 0.6 is 0 Å². The quantitative estimate of drug-likeness (QED) is 0.572. The number of benzene rings is 2. The van der Waals surface area contributed by atoms with Crippen molar-refractivity contribution in [3.8, 4) is 17.1 Å². The normalized spacial score (nSPS) is 15.9. The van der Waals surface area contributed by atoms with Crippen LogP contribution in [0, 0.1) is 5.92 Å². The van der Waals surface area contributed by atoms with E-state index in [0.29, 0.717) is 18.3 Å². The predicted molar refractivity (Wildman–Crippen MR) is 122 cm³/mol. The Balaban J connectivity index is 1.27. The summed E-state index contributed by atoms with van der Waals surface area (Å²) < 4.78 is 10.7. The van der Waals surface area contributed by atoms with Gasteiger partial charge in [-0.3, -0.25) is 9.69 Å². The Morgan fingerprint density at radius 3 is 2.53 bits per heavy atom. The number of rotatable bonds is 8. The molecule has 0 bridgehead atoms. The summed E-state index contributed by atoms with van der Waals surface area (Å²) in [6.07, 6.45) is 2.49. The molecule has 1 aliphatic heterocycles. The summed E-state index contributed by atoms with van der Waals surface area (Å²) in [5, 5.41) is 7.33. The lowest BCUT2D eigenvalue weighted by atomic mass is 9.94. The van der Waals surface area contributed by atoms with Crippen molar-refractivity contribution in [2.24, 2.45) is 5.92 Å². The van der Waals surface area contributed by atoms with Crippen molar-refractivity contribution in [1.82, 2.24) is 20.4 Å². The summed E-state index contributed by atoms with van der Waals surface area (Å²) in [6, 6.07) is 17.7. The van der Waals surface area contributed by atoms with Gasteiger partial charge in [0.2, 0.25) is 17.6 Å². The van der Waals surface area contributed by atoms with Crippen molar-refractivity contribution in [1.29, 1.82) is 0 Å². The first-order valence-corrected chi connectivity index (χ1v) is 11.2. The van der Waals surface area contributed by atoms with E-state index >= 15 is 0 Å². The van der Waals surface area contributed by atoms with Gasteiger partial charge in [0.1, 0.15) is 5.75 Å². The smallest absolute Gasteiger partial charge is 0.241 e. The molecule has 1 amide bonds. The number of amides is 1. The molecule has 4 rings (SSSR count). The molecule has 7 heteroatoms. The summed E-state index contributed by atoms with van der Waals surface area (Å²) in [7, 11) is 1.65. The van der Waals surface area contributed by atoms with E-state index in [-0.39, 0.29) is 17.9 Å². The van der Waals surface area contributed by atoms with Gasteiger partial charge in [0.25, 0.3) is 0 Å². The minimum Gasteiger partial charge on any atom is -0.497 e. The number of hydrogen-bond acceptors (Lipinski definition) is 6. The average molecular weight is 435 g/mol. The first kappa shape index (κ1) is 22.0. The van der Waals surface area contributed by atoms with Crippen LogP contribution in [0.25, 0.3) is 11.4 Å². The van der Waals surface area contributed by atoms with Crippen molar-refractivity contribution in [2.45, 2.75) is 38.8 Å². The van der Waals surface area contributed by atoms with Crippen molar-refractivity contribution in [3.63, 3.8) is 0 Å². The molecule has 1 aromatic heterocycles. The fourth-order valence-corrected chi connectivity index (χ4v) is 4.12. The largest absolute Gasteiger partial charge is 0.497 e. The number of methoxy groups -OCH3 is 1. The molecule has 1 N–H and O–H groups in total. The third kappa shape index (κ3) is 5.34. The molecule has 0 saturated carbocycles. The number of ether oxygens (including phenoxy) is 1. The van der Waals surface area contributed by atoms with Crippen LogP contribution < -0.4 is 10.1 Å². The molecule has 1 fully saturated rings. The Kier molecular flexibility index (Phi) is 7.17. The van der Waals surface area contributed by atoms with Gasteiger partial charge >= 0.3 is 0 Å². The fraction of sp³-hybridized carbons (Fsp3) is 0.400.